The van der Waals surface area contributed by atoms with Crippen LogP contribution < -0.4 is 0 Å². The molecule has 0 N–H and O–H groups in total. The molecular formula is C22H30Zr. The van der Waals surface area contributed by atoms with Gasteiger partial charge in [-0.25, -0.2) is 12.1 Å². The Bertz CT molecular complexity index is 465. The molecule has 0 aliphatic heterocycles. The first-order chi connectivity index (χ1) is 10.8. The summed E-state index contributed by atoms with van der Waals surface area (Å²) in [5, 5.41) is 0. The Labute approximate surface area is 161 Å². The molecule has 0 spiro atoms. The molecule has 122 valence electrons. The summed E-state index contributed by atoms with van der Waals surface area (Å²) in [6.07, 6.45) is 14.9. The van der Waals surface area contributed by atoms with Gasteiger partial charge in [0.15, 0.2) is 0 Å². The van der Waals surface area contributed by atoms with E-state index < -0.39 is 0 Å². The Balaban J connectivity index is 0.000000182. The minimum absolute atomic E-state index is 0. The van der Waals surface area contributed by atoms with Gasteiger partial charge in [0.2, 0.25) is 0 Å². The van der Waals surface area contributed by atoms with Crippen LogP contribution in [0, 0.1) is 0 Å². The SMILES string of the molecule is CC=CC.[Zr+2].c1cc2c([cH-]1)CCCC2.c1cc2c([cH-]1)CCCC2. The molecular weight excluding hydrogens is 355 g/mol. The molecule has 4 rings (SSSR count). The summed E-state index contributed by atoms with van der Waals surface area (Å²) in [4.78, 5) is 0. The molecule has 0 nitrogen and oxygen atoms in total. The van der Waals surface area contributed by atoms with Gasteiger partial charge in [-0.05, 0) is 13.8 Å². The van der Waals surface area contributed by atoms with Gasteiger partial charge < -0.3 is 0 Å². The zero-order chi connectivity index (χ0) is 15.6. The Morgan fingerprint density at radius 1 is 0.696 bits per heavy atom. The van der Waals surface area contributed by atoms with Crippen molar-refractivity contribution in [1.82, 2.24) is 0 Å². The maximum atomic E-state index is 2.26. The largest absolute Gasteiger partial charge is 2.00 e. The van der Waals surface area contributed by atoms with Crippen LogP contribution in [0.25, 0.3) is 0 Å². The predicted octanol–water partition coefficient (Wildman–Crippen LogP) is 6.15. The van der Waals surface area contributed by atoms with Crippen molar-refractivity contribution in [2.45, 2.75) is 65.2 Å². The summed E-state index contributed by atoms with van der Waals surface area (Å²) in [6.45, 7) is 4.00. The maximum Gasteiger partial charge on any atom is 2.00 e. The smallest absolute Gasteiger partial charge is 0.210 e. The van der Waals surface area contributed by atoms with Crippen LogP contribution in [0.4, 0.5) is 0 Å². The van der Waals surface area contributed by atoms with Gasteiger partial charge in [-0.15, -0.1) is 0 Å². The van der Waals surface area contributed by atoms with Crippen LogP contribution >= 0.6 is 0 Å². The van der Waals surface area contributed by atoms with E-state index in [0.29, 0.717) is 0 Å². The van der Waals surface area contributed by atoms with Gasteiger partial charge in [0.25, 0.3) is 0 Å². The van der Waals surface area contributed by atoms with Gasteiger partial charge in [-0.2, -0.15) is 46.5 Å². The van der Waals surface area contributed by atoms with Crippen molar-refractivity contribution >= 4 is 0 Å². The van der Waals surface area contributed by atoms with E-state index in [1.165, 1.54) is 51.4 Å². The van der Waals surface area contributed by atoms with Crippen molar-refractivity contribution in [2.75, 3.05) is 0 Å². The van der Waals surface area contributed by atoms with E-state index >= 15 is 0 Å². The second-order valence-electron chi connectivity index (χ2n) is 6.23. The molecule has 0 aromatic heterocycles. The molecule has 1 heteroatoms. The molecule has 2 aromatic rings. The number of fused-ring (bicyclic) bond motifs is 2. The van der Waals surface area contributed by atoms with E-state index in [9.17, 15) is 0 Å². The van der Waals surface area contributed by atoms with Gasteiger partial charge in [-0.1, -0.05) is 63.5 Å². The third-order valence-corrected chi connectivity index (χ3v) is 4.63. The second-order valence-corrected chi connectivity index (χ2v) is 6.23. The fourth-order valence-electron chi connectivity index (χ4n) is 3.23. The Morgan fingerprint density at radius 2 is 1.09 bits per heavy atom. The summed E-state index contributed by atoms with van der Waals surface area (Å²) in [7, 11) is 0. The fourth-order valence-corrected chi connectivity index (χ4v) is 3.23. The first-order valence-electron chi connectivity index (χ1n) is 8.89. The Kier molecular flexibility index (Phi) is 10.4. The molecule has 0 fully saturated rings. The quantitative estimate of drug-likeness (QED) is 0.377. The number of aryl methyl sites for hydroxylation is 4. The minimum atomic E-state index is 0. The van der Waals surface area contributed by atoms with Gasteiger partial charge >= 0.3 is 26.2 Å². The number of rotatable bonds is 0. The molecule has 2 aliphatic rings. The molecule has 0 bridgehead atoms. The van der Waals surface area contributed by atoms with E-state index in [1.54, 1.807) is 22.3 Å². The third-order valence-electron chi connectivity index (χ3n) is 4.63. The Hall–Kier alpha value is -0.677. The van der Waals surface area contributed by atoms with E-state index in [-0.39, 0.29) is 26.2 Å². The molecule has 0 unspecified atom stereocenters. The summed E-state index contributed by atoms with van der Waals surface area (Å²) in [6, 6.07) is 13.4. The second kappa shape index (κ2) is 11.8. The molecule has 23 heavy (non-hydrogen) atoms. The molecule has 0 atom stereocenters. The average Bonchev–Trinajstić information content (AvgIpc) is 3.24. The van der Waals surface area contributed by atoms with E-state index in [1.807, 2.05) is 26.0 Å². The summed E-state index contributed by atoms with van der Waals surface area (Å²) in [5.41, 5.74) is 6.39. The van der Waals surface area contributed by atoms with Crippen molar-refractivity contribution in [3.63, 3.8) is 0 Å². The standard InChI is InChI=1S/2C9H11.C4H8.Zr/c2*1-2-5-9-7-3-6-8(9)4-1;1-3-4-2;/h2*3,6-7H,1-2,4-5H2;3-4H,1-2H3;/q2*-1;;+2. The van der Waals surface area contributed by atoms with Crippen molar-refractivity contribution < 1.29 is 26.2 Å². The van der Waals surface area contributed by atoms with Crippen LogP contribution in [0.15, 0.2) is 48.6 Å². The van der Waals surface area contributed by atoms with Gasteiger partial charge in [0.05, 0.1) is 0 Å². The monoisotopic (exact) mass is 384 g/mol. The van der Waals surface area contributed by atoms with Crippen LogP contribution in [0.3, 0.4) is 0 Å². The van der Waals surface area contributed by atoms with Crippen molar-refractivity contribution in [3.8, 4) is 0 Å². The zero-order valence-corrected chi connectivity index (χ0v) is 17.2. The number of hydrogen-bond donors (Lipinski definition) is 0. The fraction of sp³-hybridized carbons (Fsp3) is 0.455. The molecule has 0 amide bonds. The van der Waals surface area contributed by atoms with E-state index in [4.69, 9.17) is 0 Å². The van der Waals surface area contributed by atoms with Crippen LogP contribution in [-0.2, 0) is 51.9 Å². The zero-order valence-electron chi connectivity index (χ0n) is 14.8. The van der Waals surface area contributed by atoms with Crippen LogP contribution in [-0.4, -0.2) is 0 Å². The van der Waals surface area contributed by atoms with E-state index in [2.05, 4.69) is 36.4 Å². The first kappa shape index (κ1) is 20.4. The van der Waals surface area contributed by atoms with Gasteiger partial charge in [-0.3, -0.25) is 0 Å². The topological polar surface area (TPSA) is 0 Å². The molecule has 0 saturated heterocycles. The molecule has 2 aliphatic carbocycles. The Morgan fingerprint density at radius 3 is 1.43 bits per heavy atom. The molecule has 0 heterocycles. The van der Waals surface area contributed by atoms with Crippen molar-refractivity contribution in [3.05, 3.63) is 70.8 Å². The first-order valence-corrected chi connectivity index (χ1v) is 8.89. The van der Waals surface area contributed by atoms with Gasteiger partial charge in [0, 0.05) is 0 Å². The van der Waals surface area contributed by atoms with Crippen LogP contribution in [0.5, 0.6) is 0 Å². The molecule has 0 radical (unpaired) electrons. The van der Waals surface area contributed by atoms with Crippen LogP contribution in [0.1, 0.15) is 61.8 Å². The summed E-state index contributed by atoms with van der Waals surface area (Å²) < 4.78 is 0. The van der Waals surface area contributed by atoms with Gasteiger partial charge in [0.1, 0.15) is 0 Å². The molecule has 0 saturated carbocycles. The minimum Gasteiger partial charge on any atom is -0.210 e. The van der Waals surface area contributed by atoms with Crippen molar-refractivity contribution in [1.29, 1.82) is 0 Å². The van der Waals surface area contributed by atoms with Crippen molar-refractivity contribution in [2.24, 2.45) is 0 Å². The van der Waals surface area contributed by atoms with Crippen LogP contribution in [0.2, 0.25) is 0 Å². The number of allylic oxidation sites excluding steroid dienone is 2. The normalized spacial score (nSPS) is 15.2. The predicted molar refractivity (Wildman–Crippen MR) is 97.8 cm³/mol. The maximum absolute atomic E-state index is 2.26. The number of hydrogen-bond acceptors (Lipinski definition) is 0. The summed E-state index contributed by atoms with van der Waals surface area (Å²) >= 11 is 0. The molecule has 2 aromatic carbocycles. The van der Waals surface area contributed by atoms with E-state index in [0.717, 1.165) is 0 Å². The third kappa shape index (κ3) is 6.76. The summed E-state index contributed by atoms with van der Waals surface area (Å²) in [5.74, 6) is 0. The average molecular weight is 386 g/mol.